The Morgan fingerprint density at radius 1 is 0.872 bits per heavy atom. The molecule has 1 aromatic carbocycles. The first-order chi connectivity index (χ1) is 19.2. The topological polar surface area (TPSA) is 68.2 Å². The van der Waals surface area contributed by atoms with Crippen molar-refractivity contribution in [3.05, 3.63) is 29.8 Å². The van der Waals surface area contributed by atoms with Gasteiger partial charge < -0.3 is 20.0 Å². The second kappa shape index (κ2) is 14.4. The maximum atomic E-state index is 13.1. The molecule has 1 aromatic rings. The lowest BCUT2D eigenvalue weighted by Crippen LogP contribution is -2.47. The average Bonchev–Trinajstić information content (AvgIpc) is 3.13. The zero-order valence-corrected chi connectivity index (χ0v) is 23.9. The highest BCUT2D eigenvalue weighted by atomic mass is 16.2. The molecule has 1 N–H and O–H groups in total. The van der Waals surface area contributed by atoms with Crippen LogP contribution in [0.25, 0.3) is 0 Å². The number of rotatable bonds is 10. The molecular weight excluding hydrogens is 486 g/mol. The van der Waals surface area contributed by atoms with Crippen molar-refractivity contribution in [3.63, 3.8) is 0 Å². The van der Waals surface area contributed by atoms with Crippen molar-refractivity contribution in [1.29, 1.82) is 0 Å². The van der Waals surface area contributed by atoms with Gasteiger partial charge in [0.15, 0.2) is 0 Å². The summed E-state index contributed by atoms with van der Waals surface area (Å²) in [5.74, 6) is 0.589. The van der Waals surface area contributed by atoms with Crippen LogP contribution in [0.15, 0.2) is 29.3 Å². The molecule has 0 spiro atoms. The summed E-state index contributed by atoms with van der Waals surface area (Å²) in [6, 6.07) is 9.01. The number of benzodiazepines with no additional fused rings is 1. The number of nitrogens with zero attached hydrogens (tertiary/aromatic N) is 4. The summed E-state index contributed by atoms with van der Waals surface area (Å²) >= 11 is 0. The fourth-order valence-electron chi connectivity index (χ4n) is 7.16. The second-order valence-electron chi connectivity index (χ2n) is 12.1. The Bertz CT molecular complexity index is 975. The van der Waals surface area contributed by atoms with E-state index < -0.39 is 0 Å². The van der Waals surface area contributed by atoms with Crippen LogP contribution in [0.4, 0.5) is 5.69 Å². The lowest BCUT2D eigenvalue weighted by atomic mass is 9.83. The van der Waals surface area contributed by atoms with Gasteiger partial charge in [0.1, 0.15) is 6.54 Å². The lowest BCUT2D eigenvalue weighted by molar-refractivity contribution is -0.121. The molecule has 4 aliphatic rings. The van der Waals surface area contributed by atoms with Gasteiger partial charge in [-0.3, -0.25) is 14.6 Å². The van der Waals surface area contributed by atoms with E-state index in [1.54, 1.807) is 0 Å². The van der Waals surface area contributed by atoms with Crippen molar-refractivity contribution >= 4 is 23.2 Å². The number of nitrogens with one attached hydrogen (secondary N) is 1. The molecule has 1 saturated carbocycles. The van der Waals surface area contributed by atoms with E-state index in [9.17, 15) is 9.59 Å². The van der Waals surface area contributed by atoms with E-state index in [4.69, 9.17) is 4.99 Å². The fraction of sp³-hybridized carbons (Fsp3) is 0.719. The summed E-state index contributed by atoms with van der Waals surface area (Å²) in [5, 5.41) is 3.11. The molecule has 3 heterocycles. The number of piperidine rings is 2. The number of hydrogen-bond donors (Lipinski definition) is 1. The molecule has 0 bridgehead atoms. The van der Waals surface area contributed by atoms with Crippen LogP contribution in [0, 0.1) is 5.92 Å². The number of carbonyl (C=O) groups excluding carboxylic acids is 2. The Hall–Kier alpha value is -2.25. The maximum Gasteiger partial charge on any atom is 0.248 e. The van der Waals surface area contributed by atoms with Crippen LogP contribution in [0.5, 0.6) is 0 Å². The molecule has 3 aliphatic heterocycles. The van der Waals surface area contributed by atoms with Crippen LogP contribution in [-0.2, 0) is 9.59 Å². The first-order valence-electron chi connectivity index (χ1n) is 15.9. The molecule has 2 saturated heterocycles. The molecule has 2 amide bonds. The number of aliphatic imine (C=N–C) groups is 1. The van der Waals surface area contributed by atoms with E-state index in [1.165, 1.54) is 90.4 Å². The third kappa shape index (κ3) is 7.69. The van der Waals surface area contributed by atoms with Crippen molar-refractivity contribution in [3.8, 4) is 0 Å². The average molecular weight is 536 g/mol. The van der Waals surface area contributed by atoms with Crippen molar-refractivity contribution in [2.24, 2.45) is 10.9 Å². The molecule has 7 heteroatoms. The molecule has 0 unspecified atom stereocenters. The van der Waals surface area contributed by atoms with Gasteiger partial charge in [0, 0.05) is 42.7 Å². The third-order valence-electron chi connectivity index (χ3n) is 9.37. The minimum atomic E-state index is 0.0396. The summed E-state index contributed by atoms with van der Waals surface area (Å²) in [4.78, 5) is 37.6. The second-order valence-corrected chi connectivity index (χ2v) is 12.1. The predicted molar refractivity (Wildman–Crippen MR) is 159 cm³/mol. The summed E-state index contributed by atoms with van der Waals surface area (Å²) in [6.07, 6.45) is 15.0. The number of para-hydroxylation sites is 1. The first-order valence-corrected chi connectivity index (χ1v) is 15.9. The molecule has 0 radical (unpaired) electrons. The normalized spacial score (nSPS) is 22.3. The maximum absolute atomic E-state index is 13.1. The quantitative estimate of drug-likeness (QED) is 0.443. The smallest absolute Gasteiger partial charge is 0.248 e. The fourth-order valence-corrected chi connectivity index (χ4v) is 7.16. The third-order valence-corrected chi connectivity index (χ3v) is 9.37. The van der Waals surface area contributed by atoms with Crippen molar-refractivity contribution in [2.45, 2.75) is 89.5 Å². The first kappa shape index (κ1) is 28.3. The molecule has 0 atom stereocenters. The van der Waals surface area contributed by atoms with Gasteiger partial charge in [-0.25, -0.2) is 0 Å². The van der Waals surface area contributed by atoms with Gasteiger partial charge in [0.2, 0.25) is 11.8 Å². The minimum absolute atomic E-state index is 0.0396. The summed E-state index contributed by atoms with van der Waals surface area (Å²) < 4.78 is 0. The minimum Gasteiger partial charge on any atom is -0.356 e. The Balaban J connectivity index is 1.01. The Labute approximate surface area is 235 Å². The highest BCUT2D eigenvalue weighted by molar-refractivity contribution is 6.12. The van der Waals surface area contributed by atoms with Gasteiger partial charge in [-0.15, -0.1) is 0 Å². The van der Waals surface area contributed by atoms with Crippen LogP contribution < -0.4 is 10.2 Å². The number of carbonyl (C=O) groups is 2. The SMILES string of the molecule is O=C(CCCN1C(=O)CN=C(C2CCCCC2)c2ccccc21)NCCCN1CCC(N2CCCCC2)CC1. The molecule has 0 aromatic heterocycles. The van der Waals surface area contributed by atoms with Crippen LogP contribution in [-0.4, -0.2) is 85.7 Å². The van der Waals surface area contributed by atoms with E-state index in [2.05, 4.69) is 27.2 Å². The summed E-state index contributed by atoms with van der Waals surface area (Å²) in [5.41, 5.74) is 3.20. The van der Waals surface area contributed by atoms with Crippen LogP contribution in [0.3, 0.4) is 0 Å². The Kier molecular flexibility index (Phi) is 10.4. The molecule has 39 heavy (non-hydrogen) atoms. The van der Waals surface area contributed by atoms with Crippen LogP contribution in [0.1, 0.15) is 89.0 Å². The standard InChI is InChI=1S/C32H49N5O2/c38-30(33-18-10-19-35-23-16-27(17-24-35)36-20-7-2-8-21-36)15-9-22-37-29-14-6-5-13-28(29)32(34-25-31(37)39)26-11-3-1-4-12-26/h5-6,13-14,26-27H,1-4,7-12,15-25H2,(H,33,38). The number of anilines is 1. The molecule has 5 rings (SSSR count). The Morgan fingerprint density at radius 2 is 1.62 bits per heavy atom. The lowest BCUT2D eigenvalue weighted by Gasteiger charge is -2.40. The number of amides is 2. The molecule has 3 fully saturated rings. The number of fused-ring (bicyclic) bond motifs is 1. The van der Waals surface area contributed by atoms with E-state index >= 15 is 0 Å². The van der Waals surface area contributed by atoms with Gasteiger partial charge >= 0.3 is 0 Å². The number of benzene rings is 1. The monoisotopic (exact) mass is 535 g/mol. The molecule has 7 nitrogen and oxygen atoms in total. The van der Waals surface area contributed by atoms with Gasteiger partial charge in [-0.05, 0) is 90.2 Å². The van der Waals surface area contributed by atoms with Crippen LogP contribution in [0.2, 0.25) is 0 Å². The van der Waals surface area contributed by atoms with E-state index in [1.807, 2.05) is 17.0 Å². The summed E-state index contributed by atoms with van der Waals surface area (Å²) in [7, 11) is 0. The van der Waals surface area contributed by atoms with Gasteiger partial charge in [-0.2, -0.15) is 0 Å². The molecule has 214 valence electrons. The highest BCUT2D eigenvalue weighted by Crippen LogP contribution is 2.33. The summed E-state index contributed by atoms with van der Waals surface area (Å²) in [6.45, 7) is 7.53. The largest absolute Gasteiger partial charge is 0.356 e. The predicted octanol–water partition coefficient (Wildman–Crippen LogP) is 4.64. The number of likely N-dealkylation sites (tertiary alicyclic amines) is 2. The van der Waals surface area contributed by atoms with Crippen LogP contribution >= 0.6 is 0 Å². The molecule has 1 aliphatic carbocycles. The van der Waals surface area contributed by atoms with Gasteiger partial charge in [-0.1, -0.05) is 43.9 Å². The number of hydrogen-bond acceptors (Lipinski definition) is 5. The van der Waals surface area contributed by atoms with Gasteiger partial charge in [0.05, 0.1) is 5.69 Å². The van der Waals surface area contributed by atoms with E-state index in [0.717, 1.165) is 42.5 Å². The molecular formula is C32H49N5O2. The zero-order chi connectivity index (χ0) is 26.9. The van der Waals surface area contributed by atoms with E-state index in [0.29, 0.717) is 25.3 Å². The van der Waals surface area contributed by atoms with Gasteiger partial charge in [0.25, 0.3) is 0 Å². The van der Waals surface area contributed by atoms with E-state index in [-0.39, 0.29) is 18.4 Å². The van der Waals surface area contributed by atoms with Crippen molar-refractivity contribution in [1.82, 2.24) is 15.1 Å². The highest BCUT2D eigenvalue weighted by Gasteiger charge is 2.29. The zero-order valence-electron chi connectivity index (χ0n) is 23.9. The van der Waals surface area contributed by atoms with Crippen molar-refractivity contribution < 1.29 is 9.59 Å². The van der Waals surface area contributed by atoms with Crippen molar-refractivity contribution in [2.75, 3.05) is 57.3 Å². The Morgan fingerprint density at radius 3 is 2.41 bits per heavy atom.